The number of nitrogens with zero attached hydrogens (tertiary/aromatic N) is 1. The van der Waals surface area contributed by atoms with Crippen LogP contribution in [0.3, 0.4) is 0 Å². The zero-order valence-electron chi connectivity index (χ0n) is 18.3. The Morgan fingerprint density at radius 3 is 2.30 bits per heavy atom. The van der Waals surface area contributed by atoms with Crippen molar-refractivity contribution in [2.45, 2.75) is 85.1 Å². The lowest BCUT2D eigenvalue weighted by molar-refractivity contribution is -0.111. The topological polar surface area (TPSA) is 20.3 Å². The molecule has 1 aromatic rings. The zero-order valence-corrected chi connectivity index (χ0v) is 19.1. The molecule has 1 aliphatic heterocycles. The predicted molar refractivity (Wildman–Crippen MR) is 119 cm³/mol. The second kappa shape index (κ2) is 11.9. The fourth-order valence-corrected chi connectivity index (χ4v) is 3.62. The van der Waals surface area contributed by atoms with E-state index in [1.165, 1.54) is 50.8 Å². The molecule has 3 heteroatoms. The van der Waals surface area contributed by atoms with Crippen molar-refractivity contribution in [3.8, 4) is 0 Å². The van der Waals surface area contributed by atoms with Crippen LogP contribution in [0.4, 0.5) is 0 Å². The van der Waals surface area contributed by atoms with Gasteiger partial charge in [-0.25, -0.2) is 0 Å². The summed E-state index contributed by atoms with van der Waals surface area (Å²) in [6.45, 7) is 15.6. The summed E-state index contributed by atoms with van der Waals surface area (Å²) in [7, 11) is 0. The number of hydrogen-bond donors (Lipinski definition) is 0. The maximum atomic E-state index is 10.4. The Morgan fingerprint density at radius 2 is 1.81 bits per heavy atom. The highest BCUT2D eigenvalue weighted by Gasteiger charge is 2.30. The van der Waals surface area contributed by atoms with E-state index in [0.717, 1.165) is 11.3 Å². The van der Waals surface area contributed by atoms with Crippen LogP contribution in [0.15, 0.2) is 24.3 Å². The number of benzene rings is 1. The number of halogens is 1. The van der Waals surface area contributed by atoms with Gasteiger partial charge in [0, 0.05) is 23.0 Å². The van der Waals surface area contributed by atoms with Gasteiger partial charge in [0.1, 0.15) is 6.29 Å². The highest BCUT2D eigenvalue weighted by molar-refractivity contribution is 6.30. The van der Waals surface area contributed by atoms with Crippen LogP contribution in [-0.4, -0.2) is 29.8 Å². The molecule has 154 valence electrons. The standard InChI is InChI=1S/C14H20ClN.C10H20O/c1-14(2,3)16-9-8-12(10-16)11-4-6-13(15)7-5-11;1-4-5-6-7-9(2)10(3)8-11/h4-7,12H,8-10H2,1-3H3;8-10H,4-7H2,1-3H3. The molecular weight excluding hydrogens is 354 g/mol. The minimum absolute atomic E-state index is 0.242. The van der Waals surface area contributed by atoms with Gasteiger partial charge in [0.15, 0.2) is 0 Å². The highest BCUT2D eigenvalue weighted by Crippen LogP contribution is 2.31. The smallest absolute Gasteiger partial charge is 0.123 e. The van der Waals surface area contributed by atoms with Gasteiger partial charge in [-0.1, -0.05) is 70.2 Å². The van der Waals surface area contributed by atoms with E-state index in [0.29, 0.717) is 17.4 Å². The zero-order chi connectivity index (χ0) is 20.4. The maximum absolute atomic E-state index is 10.4. The molecule has 2 nitrogen and oxygen atoms in total. The molecule has 0 radical (unpaired) electrons. The van der Waals surface area contributed by atoms with E-state index >= 15 is 0 Å². The van der Waals surface area contributed by atoms with Crippen molar-refractivity contribution < 1.29 is 4.79 Å². The molecule has 1 heterocycles. The number of likely N-dealkylation sites (tertiary alicyclic amines) is 1. The van der Waals surface area contributed by atoms with Crippen LogP contribution < -0.4 is 0 Å². The van der Waals surface area contributed by atoms with Gasteiger partial charge in [0.05, 0.1) is 0 Å². The third-order valence-corrected chi connectivity index (χ3v) is 6.11. The normalized spacial score (nSPS) is 19.9. The van der Waals surface area contributed by atoms with Crippen molar-refractivity contribution in [3.05, 3.63) is 34.9 Å². The third kappa shape index (κ3) is 8.79. The molecule has 0 bridgehead atoms. The fourth-order valence-electron chi connectivity index (χ4n) is 3.49. The summed E-state index contributed by atoms with van der Waals surface area (Å²) in [6.07, 6.45) is 7.37. The average molecular weight is 394 g/mol. The number of aldehydes is 1. The Hall–Kier alpha value is -0.860. The maximum Gasteiger partial charge on any atom is 0.123 e. The monoisotopic (exact) mass is 393 g/mol. The largest absolute Gasteiger partial charge is 0.303 e. The highest BCUT2D eigenvalue weighted by atomic mass is 35.5. The van der Waals surface area contributed by atoms with Crippen molar-refractivity contribution in [1.82, 2.24) is 4.90 Å². The lowest BCUT2D eigenvalue weighted by atomic mass is 9.92. The molecular formula is C24H40ClNO. The molecule has 2 rings (SSSR count). The first-order valence-corrected chi connectivity index (χ1v) is 11.0. The minimum Gasteiger partial charge on any atom is -0.303 e. The lowest BCUT2D eigenvalue weighted by Gasteiger charge is -2.31. The Morgan fingerprint density at radius 1 is 1.19 bits per heavy atom. The van der Waals surface area contributed by atoms with Gasteiger partial charge in [-0.15, -0.1) is 0 Å². The summed E-state index contributed by atoms with van der Waals surface area (Å²) >= 11 is 5.91. The van der Waals surface area contributed by atoms with E-state index in [4.69, 9.17) is 11.6 Å². The Bertz CT molecular complexity index is 534. The van der Waals surface area contributed by atoms with E-state index in [1.54, 1.807) is 0 Å². The summed E-state index contributed by atoms with van der Waals surface area (Å²) in [6, 6.07) is 8.32. The third-order valence-electron chi connectivity index (χ3n) is 5.85. The van der Waals surface area contributed by atoms with E-state index in [9.17, 15) is 4.79 Å². The molecule has 1 saturated heterocycles. The number of carbonyl (C=O) groups excluding carboxylic acids is 1. The van der Waals surface area contributed by atoms with Crippen molar-refractivity contribution >= 4 is 17.9 Å². The Kier molecular flexibility index (Phi) is 10.6. The Balaban J connectivity index is 0.000000293. The SMILES string of the molecule is CC(C)(C)N1CCC(c2ccc(Cl)cc2)C1.CCCCCC(C)C(C)C=O. The molecule has 0 aliphatic carbocycles. The van der Waals surface area contributed by atoms with Crippen molar-refractivity contribution in [2.75, 3.05) is 13.1 Å². The first-order chi connectivity index (χ1) is 12.7. The quantitative estimate of drug-likeness (QED) is 0.368. The van der Waals surface area contributed by atoms with E-state index in [2.05, 4.69) is 51.7 Å². The van der Waals surface area contributed by atoms with Crippen LogP contribution in [0.5, 0.6) is 0 Å². The molecule has 1 aromatic carbocycles. The first kappa shape index (κ1) is 24.2. The fraction of sp³-hybridized carbons (Fsp3) is 0.708. The van der Waals surface area contributed by atoms with Gasteiger partial charge in [-0.3, -0.25) is 4.90 Å². The summed E-state index contributed by atoms with van der Waals surface area (Å²) in [4.78, 5) is 12.9. The van der Waals surface area contributed by atoms with Gasteiger partial charge in [0.25, 0.3) is 0 Å². The molecule has 0 saturated carbocycles. The van der Waals surface area contributed by atoms with Gasteiger partial charge < -0.3 is 4.79 Å². The summed E-state index contributed by atoms with van der Waals surface area (Å²) in [5.74, 6) is 1.49. The molecule has 3 atom stereocenters. The van der Waals surface area contributed by atoms with Crippen molar-refractivity contribution in [3.63, 3.8) is 0 Å². The number of carbonyl (C=O) groups is 1. The van der Waals surface area contributed by atoms with Gasteiger partial charge in [0.2, 0.25) is 0 Å². The number of hydrogen-bond acceptors (Lipinski definition) is 2. The van der Waals surface area contributed by atoms with Crippen LogP contribution in [0.1, 0.15) is 85.1 Å². The van der Waals surface area contributed by atoms with E-state index < -0.39 is 0 Å². The first-order valence-electron chi connectivity index (χ1n) is 10.6. The van der Waals surface area contributed by atoms with Crippen LogP contribution in [0.25, 0.3) is 0 Å². The number of rotatable bonds is 7. The molecule has 3 unspecified atom stereocenters. The molecule has 0 N–H and O–H groups in total. The summed E-state index contributed by atoms with van der Waals surface area (Å²) in [5.41, 5.74) is 1.72. The Labute approximate surface area is 172 Å². The van der Waals surface area contributed by atoms with Gasteiger partial charge >= 0.3 is 0 Å². The molecule has 0 amide bonds. The predicted octanol–water partition coefficient (Wildman–Crippen LogP) is 6.97. The second-order valence-corrected chi connectivity index (χ2v) is 9.56. The van der Waals surface area contributed by atoms with Crippen LogP contribution >= 0.6 is 11.6 Å². The van der Waals surface area contributed by atoms with E-state index in [1.807, 2.05) is 19.1 Å². The van der Waals surface area contributed by atoms with Crippen molar-refractivity contribution in [1.29, 1.82) is 0 Å². The van der Waals surface area contributed by atoms with Crippen LogP contribution in [0.2, 0.25) is 5.02 Å². The second-order valence-electron chi connectivity index (χ2n) is 9.12. The molecule has 0 spiro atoms. The van der Waals surface area contributed by atoms with Crippen molar-refractivity contribution in [2.24, 2.45) is 11.8 Å². The molecule has 27 heavy (non-hydrogen) atoms. The molecule has 1 aliphatic rings. The lowest BCUT2D eigenvalue weighted by Crippen LogP contribution is -2.39. The number of unbranched alkanes of at least 4 members (excludes halogenated alkanes) is 2. The van der Waals surface area contributed by atoms with Crippen LogP contribution in [-0.2, 0) is 4.79 Å². The van der Waals surface area contributed by atoms with Gasteiger partial charge in [-0.05, 0) is 63.3 Å². The minimum atomic E-state index is 0.242. The average Bonchev–Trinajstić information content (AvgIpc) is 3.13. The molecule has 1 fully saturated rings. The van der Waals surface area contributed by atoms with Gasteiger partial charge in [-0.2, -0.15) is 0 Å². The molecule has 0 aromatic heterocycles. The summed E-state index contributed by atoms with van der Waals surface area (Å²) in [5, 5.41) is 0.828. The summed E-state index contributed by atoms with van der Waals surface area (Å²) < 4.78 is 0. The van der Waals surface area contributed by atoms with E-state index in [-0.39, 0.29) is 5.92 Å². The van der Waals surface area contributed by atoms with Crippen LogP contribution in [0, 0.1) is 11.8 Å².